The number of ether oxygens (including phenoxy) is 5. The number of hydrogen-bond donors (Lipinski definition) is 6. The summed E-state index contributed by atoms with van der Waals surface area (Å²) >= 11 is 0. The van der Waals surface area contributed by atoms with Crippen molar-refractivity contribution in [3.63, 3.8) is 0 Å². The van der Waals surface area contributed by atoms with E-state index in [-0.39, 0.29) is 55.7 Å². The zero-order chi connectivity index (χ0) is 50.5. The number of phenols is 2. The summed E-state index contributed by atoms with van der Waals surface area (Å²) in [5, 5.41) is 54.3. The van der Waals surface area contributed by atoms with Gasteiger partial charge < -0.3 is 59.6 Å². The number of aliphatic hydroxyl groups is 2. The molecule has 6 N–H and O–H groups in total. The molecule has 1 spiro atoms. The van der Waals surface area contributed by atoms with E-state index in [0.717, 1.165) is 6.54 Å². The van der Waals surface area contributed by atoms with E-state index in [0.29, 0.717) is 57.0 Å². The lowest BCUT2D eigenvalue weighted by atomic mass is 9.78. The second-order valence-electron chi connectivity index (χ2n) is 21.2. The third-order valence-electron chi connectivity index (χ3n) is 14.9. The summed E-state index contributed by atoms with van der Waals surface area (Å²) < 4.78 is 30.6. The van der Waals surface area contributed by atoms with Crippen LogP contribution in [-0.4, -0.2) is 124 Å². The number of alkyl carbamates (subject to hydrolysis) is 1. The van der Waals surface area contributed by atoms with Gasteiger partial charge in [-0.2, -0.15) is 0 Å². The normalized spacial score (nSPS) is 33.4. The largest absolute Gasteiger partial charge is 0.507 e. The van der Waals surface area contributed by atoms with Gasteiger partial charge in [0.1, 0.15) is 34.0 Å². The zero-order valence-corrected chi connectivity index (χ0v) is 42.2. The first kappa shape index (κ1) is 51.8. The van der Waals surface area contributed by atoms with Crippen LogP contribution in [-0.2, 0) is 23.7 Å². The number of phenolic OH excluding ortho intramolecular Hbond substituents is 2. The number of fused-ring (bicyclic) bond motifs is 13. The van der Waals surface area contributed by atoms with Crippen LogP contribution in [0.2, 0.25) is 0 Å². The second-order valence-corrected chi connectivity index (χ2v) is 21.2. The molecule has 1 unspecified atom stereocenters. The number of benzene rings is 2. The molecule has 2 aromatic rings. The molecule has 2 saturated heterocycles. The maximum atomic E-state index is 14.9. The standard InChI is InChI=1S/C52H73N5O12/c1-26(2)25-57-20-18-52(19-21-57)55-38-35-36-43(60)32(8)46-37(35)47(62)51(11,69-46)67-23-17-34(65-12)29(5)45(68-49(64)53-33-16-22-66-50(9,10)24-33)31(7)42(59)30(6)41(58)27(3)14-13-15-28(4)48(63)54-40(44(36)61)39(38)56-52/h13-15,17,23,26-27,29-31,33-34,41-42,45,55,58-61H,16,18-22,24-25H2,1-12H3,(H,53,64)/b14-13+,23-17+,28-15-,54-40?/t27-,29+,30+,31+,33?,34-,41-,42+,45+,51-/m0/s1. The van der Waals surface area contributed by atoms with E-state index in [9.17, 15) is 34.8 Å². The number of amides is 2. The summed E-state index contributed by atoms with van der Waals surface area (Å²) in [5.74, 6) is -6.29. The van der Waals surface area contributed by atoms with Crippen molar-refractivity contribution in [2.24, 2.45) is 39.6 Å². The first-order chi connectivity index (χ1) is 32.4. The van der Waals surface area contributed by atoms with Crippen molar-refractivity contribution in [2.75, 3.05) is 38.7 Å². The molecule has 0 aliphatic carbocycles. The van der Waals surface area contributed by atoms with Crippen LogP contribution >= 0.6 is 0 Å². The quantitative estimate of drug-likeness (QED) is 0.193. The van der Waals surface area contributed by atoms with Crippen LogP contribution in [0.3, 0.4) is 0 Å². The van der Waals surface area contributed by atoms with Crippen LogP contribution in [0, 0.1) is 36.5 Å². The van der Waals surface area contributed by atoms with Gasteiger partial charge in [0.2, 0.25) is 0 Å². The number of nitrogens with zero attached hydrogens (tertiary/aromatic N) is 3. The minimum Gasteiger partial charge on any atom is -0.507 e. The first-order valence-electron chi connectivity index (χ1n) is 24.4. The summed E-state index contributed by atoms with van der Waals surface area (Å²) in [6.07, 6.45) is 5.34. The monoisotopic (exact) mass is 960 g/mol. The summed E-state index contributed by atoms with van der Waals surface area (Å²) in [6.45, 7) is 22.7. The topological polar surface area (TPSA) is 230 Å². The van der Waals surface area contributed by atoms with Crippen molar-refractivity contribution < 1.29 is 58.5 Å². The van der Waals surface area contributed by atoms with Gasteiger partial charge in [0.15, 0.2) is 5.75 Å². The van der Waals surface area contributed by atoms with E-state index in [1.807, 2.05) is 20.8 Å². The molecule has 5 bridgehead atoms. The molecule has 17 nitrogen and oxygen atoms in total. The van der Waals surface area contributed by atoms with Crippen LogP contribution in [0.15, 0.2) is 46.1 Å². The van der Waals surface area contributed by atoms with Crippen molar-refractivity contribution >= 4 is 34.2 Å². The van der Waals surface area contributed by atoms with Crippen LogP contribution in [0.4, 0.5) is 10.5 Å². The highest BCUT2D eigenvalue weighted by atomic mass is 16.7. The lowest BCUT2D eigenvalue weighted by Gasteiger charge is -2.39. The van der Waals surface area contributed by atoms with E-state index in [2.05, 4.69) is 34.4 Å². The first-order valence-corrected chi connectivity index (χ1v) is 24.4. The summed E-state index contributed by atoms with van der Waals surface area (Å²) in [4.78, 5) is 54.6. The smallest absolute Gasteiger partial charge is 0.407 e. The Balaban J connectivity index is 1.33. The number of rotatable bonds is 5. The molecule has 0 saturated carbocycles. The van der Waals surface area contributed by atoms with Gasteiger partial charge in [0.25, 0.3) is 11.7 Å². The maximum Gasteiger partial charge on any atom is 0.407 e. The number of ketones is 1. The molecule has 8 rings (SSSR count). The van der Waals surface area contributed by atoms with Gasteiger partial charge in [-0.15, -0.1) is 0 Å². The van der Waals surface area contributed by atoms with Gasteiger partial charge in [0, 0.05) is 99.4 Å². The number of carbonyl (C=O) groups is 3. The number of anilines is 1. The predicted molar refractivity (Wildman–Crippen MR) is 259 cm³/mol. The highest BCUT2D eigenvalue weighted by Crippen LogP contribution is 2.51. The molecule has 6 aliphatic heterocycles. The Kier molecular flexibility index (Phi) is 15.0. The zero-order valence-electron chi connectivity index (χ0n) is 42.2. The molecule has 2 fully saturated rings. The Bertz CT molecular complexity index is 2550. The van der Waals surface area contributed by atoms with E-state index < -0.39 is 88.7 Å². The summed E-state index contributed by atoms with van der Waals surface area (Å²) in [7, 11) is 1.48. The summed E-state index contributed by atoms with van der Waals surface area (Å²) in [5.41, 5.74) is -0.590. The van der Waals surface area contributed by atoms with Gasteiger partial charge >= 0.3 is 11.9 Å². The number of Topliss-reactive ketones (excluding diaryl/α,β-unsaturated/α-hetero) is 1. The SMILES string of the molecule is CO[C@H]1/C=C/O[C@@]2(C)Oc3c(C)c(O)c4c(O)c(c5c(c4c3C2=O)NC2(CCN(CC(C)C)CC2)N=5)=NC(=O)/C(C)=C\C=C\[C@H](C)[C@H](O)[C@@H](C)[C@@H](O)[C@@H](C)[C@H](OC(=O)NC2CCOC(C)(C)C2)[C@@H]1C. The Morgan fingerprint density at radius 3 is 2.32 bits per heavy atom. The number of nitrogens with one attached hydrogen (secondary N) is 2. The number of hydrogen-bond acceptors (Lipinski definition) is 15. The van der Waals surface area contributed by atoms with Crippen LogP contribution in [0.5, 0.6) is 17.2 Å². The number of allylic oxidation sites excluding steroid dienone is 2. The van der Waals surface area contributed by atoms with E-state index in [1.165, 1.54) is 20.3 Å². The minimum atomic E-state index is -1.98. The molecule has 2 amide bonds. The fourth-order valence-corrected chi connectivity index (χ4v) is 10.7. The predicted octanol–water partition coefficient (Wildman–Crippen LogP) is 5.87. The van der Waals surface area contributed by atoms with E-state index in [4.69, 9.17) is 28.7 Å². The van der Waals surface area contributed by atoms with E-state index >= 15 is 0 Å². The number of aliphatic hydroxyl groups excluding tert-OH is 2. The minimum absolute atomic E-state index is 0.0468. The van der Waals surface area contributed by atoms with Gasteiger partial charge in [-0.1, -0.05) is 59.8 Å². The molecule has 17 heteroatoms. The van der Waals surface area contributed by atoms with Gasteiger partial charge in [0.05, 0.1) is 46.8 Å². The van der Waals surface area contributed by atoms with Crippen molar-refractivity contribution in [1.82, 2.24) is 10.2 Å². The highest BCUT2D eigenvalue weighted by Gasteiger charge is 2.51. The number of piperidine rings is 1. The molecule has 10 atom stereocenters. The number of aromatic hydroxyl groups is 2. The van der Waals surface area contributed by atoms with E-state index in [1.54, 1.807) is 58.9 Å². The molecule has 69 heavy (non-hydrogen) atoms. The average Bonchev–Trinajstić information content (AvgIpc) is 3.79. The van der Waals surface area contributed by atoms with Crippen LogP contribution in [0.25, 0.3) is 10.8 Å². The van der Waals surface area contributed by atoms with Crippen molar-refractivity contribution in [2.45, 2.75) is 149 Å². The molecule has 0 aromatic heterocycles. The Morgan fingerprint density at radius 1 is 0.971 bits per heavy atom. The molecular weight excluding hydrogens is 887 g/mol. The molecule has 0 radical (unpaired) electrons. The van der Waals surface area contributed by atoms with Crippen molar-refractivity contribution in [3.8, 4) is 17.2 Å². The fraction of sp³-hybridized carbons (Fsp3) is 0.635. The maximum absolute atomic E-state index is 14.9. The average molecular weight is 960 g/mol. The molecule has 378 valence electrons. The number of likely N-dealkylation sites (tertiary alicyclic amines) is 1. The van der Waals surface area contributed by atoms with Gasteiger partial charge in [-0.3, -0.25) is 14.6 Å². The van der Waals surface area contributed by atoms with Crippen molar-refractivity contribution in [3.05, 3.63) is 58.0 Å². The van der Waals surface area contributed by atoms with Crippen LogP contribution in [0.1, 0.15) is 111 Å². The van der Waals surface area contributed by atoms with Gasteiger partial charge in [-0.25, -0.2) is 9.79 Å². The number of methoxy groups -OCH3 is 1. The van der Waals surface area contributed by atoms with Gasteiger partial charge in [-0.05, 0) is 52.5 Å². The Morgan fingerprint density at radius 2 is 1.67 bits per heavy atom. The lowest BCUT2D eigenvalue weighted by Crippen LogP contribution is -2.50. The molecule has 6 aliphatic rings. The third kappa shape index (κ3) is 10.3. The molecular formula is C52H73N5O12. The Labute approximate surface area is 404 Å². The highest BCUT2D eigenvalue weighted by molar-refractivity contribution is 6.21. The second kappa shape index (κ2) is 20.0. The van der Waals surface area contributed by atoms with Crippen LogP contribution < -0.4 is 26.1 Å². The molecule has 2 aromatic carbocycles. The Hall–Kier alpha value is -5.07. The number of carbonyl (C=O) groups excluding carboxylic acids is 3. The lowest BCUT2D eigenvalue weighted by molar-refractivity contribution is -0.114. The third-order valence-corrected chi connectivity index (χ3v) is 14.9. The summed E-state index contributed by atoms with van der Waals surface area (Å²) in [6, 6.07) is -0.212. The molecule has 6 heterocycles. The van der Waals surface area contributed by atoms with Crippen molar-refractivity contribution in [1.29, 1.82) is 0 Å². The fourth-order valence-electron chi connectivity index (χ4n) is 10.7.